The van der Waals surface area contributed by atoms with Crippen molar-refractivity contribution in [1.29, 1.82) is 0 Å². The van der Waals surface area contributed by atoms with Gasteiger partial charge in [-0.05, 0) is 19.3 Å². The number of rotatable bonds is 17. The Balaban J connectivity index is 3.23. The van der Waals surface area contributed by atoms with E-state index in [0.29, 0.717) is 19.3 Å². The van der Waals surface area contributed by atoms with E-state index in [9.17, 15) is 12.8 Å². The second-order valence-electron chi connectivity index (χ2n) is 6.70. The van der Waals surface area contributed by atoms with Gasteiger partial charge >= 0.3 is 0 Å². The fourth-order valence-corrected chi connectivity index (χ4v) is 3.39. The molecule has 0 aliphatic heterocycles. The van der Waals surface area contributed by atoms with Crippen LogP contribution in [0.1, 0.15) is 103 Å². The highest BCUT2D eigenvalue weighted by Gasteiger charge is 2.07. The molecule has 0 radical (unpaired) electrons. The zero-order valence-electron chi connectivity index (χ0n) is 14.9. The van der Waals surface area contributed by atoms with Gasteiger partial charge in [-0.25, -0.2) is 4.39 Å². The van der Waals surface area contributed by atoms with Crippen molar-refractivity contribution < 1.29 is 17.4 Å². The molecule has 0 amide bonds. The van der Waals surface area contributed by atoms with Gasteiger partial charge in [0, 0.05) is 0 Å². The average Bonchev–Trinajstić information content (AvgIpc) is 2.48. The van der Waals surface area contributed by atoms with Crippen molar-refractivity contribution in [3.8, 4) is 0 Å². The third-order valence-electron chi connectivity index (χ3n) is 4.29. The molecule has 0 rings (SSSR count). The Bertz CT molecular complexity index is 344. The Morgan fingerprint density at radius 1 is 0.739 bits per heavy atom. The highest BCUT2D eigenvalue weighted by atomic mass is 32.2. The normalized spacial score (nSPS) is 13.3. The number of unbranched alkanes of at least 4 members (excludes halogenated alkanes) is 11. The van der Waals surface area contributed by atoms with Gasteiger partial charge in [0.2, 0.25) is 0 Å². The van der Waals surface area contributed by atoms with Crippen LogP contribution in [0.2, 0.25) is 0 Å². The maximum Gasteiger partial charge on any atom is 0.264 e. The summed E-state index contributed by atoms with van der Waals surface area (Å²) in [6.45, 7) is 2.23. The van der Waals surface area contributed by atoms with E-state index in [-0.39, 0.29) is 5.75 Å². The summed E-state index contributed by atoms with van der Waals surface area (Å²) < 4.78 is 43.3. The Kier molecular flexibility index (Phi) is 15.3. The van der Waals surface area contributed by atoms with Crippen molar-refractivity contribution in [2.45, 2.75) is 109 Å². The van der Waals surface area contributed by atoms with Crippen molar-refractivity contribution in [3.63, 3.8) is 0 Å². The lowest BCUT2D eigenvalue weighted by molar-refractivity contribution is 0.279. The summed E-state index contributed by atoms with van der Waals surface area (Å²) in [5, 5.41) is 0. The molecule has 0 aromatic heterocycles. The fraction of sp³-hybridized carbons (Fsp3) is 1.00. The van der Waals surface area contributed by atoms with Crippen LogP contribution in [0.15, 0.2) is 0 Å². The van der Waals surface area contributed by atoms with Crippen LogP contribution in [-0.2, 0) is 10.1 Å². The molecule has 0 aromatic carbocycles. The lowest BCUT2D eigenvalue weighted by atomic mass is 10.0. The predicted octanol–water partition coefficient (Wildman–Crippen LogP) is 6.08. The number of alkyl halides is 1. The third-order valence-corrected chi connectivity index (χ3v) is 5.10. The second kappa shape index (κ2) is 15.4. The van der Waals surface area contributed by atoms with Crippen LogP contribution in [0.3, 0.4) is 0 Å². The van der Waals surface area contributed by atoms with Gasteiger partial charge in [-0.15, -0.1) is 0 Å². The van der Waals surface area contributed by atoms with E-state index < -0.39 is 16.3 Å². The first-order valence-electron chi connectivity index (χ1n) is 9.55. The lowest BCUT2D eigenvalue weighted by Gasteiger charge is -2.08. The average molecular weight is 353 g/mol. The summed E-state index contributed by atoms with van der Waals surface area (Å²) in [5.41, 5.74) is 0. The molecular weight excluding hydrogens is 315 g/mol. The molecule has 0 saturated heterocycles. The van der Waals surface area contributed by atoms with Gasteiger partial charge in [0.15, 0.2) is 0 Å². The zero-order valence-corrected chi connectivity index (χ0v) is 15.8. The number of hydrogen-bond acceptors (Lipinski definition) is 2. The highest BCUT2D eigenvalue weighted by Crippen LogP contribution is 2.16. The van der Waals surface area contributed by atoms with Crippen LogP contribution in [0, 0.1) is 0 Å². The largest absolute Gasteiger partial charge is 0.286 e. The summed E-state index contributed by atoms with van der Waals surface area (Å²) in [6, 6.07) is 0. The van der Waals surface area contributed by atoms with E-state index in [0.717, 1.165) is 32.1 Å². The first-order chi connectivity index (χ1) is 11.0. The van der Waals surface area contributed by atoms with Gasteiger partial charge in [-0.3, -0.25) is 4.55 Å². The summed E-state index contributed by atoms with van der Waals surface area (Å²) in [7, 11) is -3.83. The standard InChI is InChI=1S/C18H37FO3S/c1-2-3-4-5-6-7-8-9-12-15-18(19)16-13-10-11-14-17-23(20,21)22/h18H,2-17H2,1H3,(H,20,21,22). The molecule has 0 aliphatic rings. The first-order valence-corrected chi connectivity index (χ1v) is 11.2. The third kappa shape index (κ3) is 19.8. The molecule has 1 N–H and O–H groups in total. The van der Waals surface area contributed by atoms with Crippen LogP contribution in [0.4, 0.5) is 4.39 Å². The molecule has 1 unspecified atom stereocenters. The summed E-state index contributed by atoms with van der Waals surface area (Å²) >= 11 is 0. The van der Waals surface area contributed by atoms with Crippen LogP contribution in [0.25, 0.3) is 0 Å². The summed E-state index contributed by atoms with van der Waals surface area (Å²) in [5.74, 6) is -0.176. The Morgan fingerprint density at radius 3 is 1.57 bits per heavy atom. The quantitative estimate of drug-likeness (QED) is 0.255. The lowest BCUT2D eigenvalue weighted by Crippen LogP contribution is -2.04. The molecule has 0 spiro atoms. The van der Waals surface area contributed by atoms with Crippen molar-refractivity contribution in [3.05, 3.63) is 0 Å². The minimum absolute atomic E-state index is 0.176. The van der Waals surface area contributed by atoms with E-state index in [1.165, 1.54) is 44.9 Å². The molecule has 0 aliphatic carbocycles. The molecule has 0 aromatic rings. The van der Waals surface area contributed by atoms with E-state index >= 15 is 0 Å². The van der Waals surface area contributed by atoms with Crippen LogP contribution < -0.4 is 0 Å². The summed E-state index contributed by atoms with van der Waals surface area (Å²) in [4.78, 5) is 0. The molecule has 0 bridgehead atoms. The number of halogens is 1. The molecule has 0 saturated carbocycles. The topological polar surface area (TPSA) is 54.4 Å². The van der Waals surface area contributed by atoms with Gasteiger partial charge in [0.25, 0.3) is 10.1 Å². The van der Waals surface area contributed by atoms with Gasteiger partial charge in [-0.2, -0.15) is 8.42 Å². The SMILES string of the molecule is CCCCCCCCCCCC(F)CCCCCCS(=O)(=O)O. The molecule has 23 heavy (non-hydrogen) atoms. The van der Waals surface area contributed by atoms with Crippen molar-refractivity contribution in [2.75, 3.05) is 5.75 Å². The first kappa shape index (κ1) is 22.8. The summed E-state index contributed by atoms with van der Waals surface area (Å²) in [6.07, 6.45) is 14.7. The molecule has 1 atom stereocenters. The maximum absolute atomic E-state index is 13.7. The predicted molar refractivity (Wildman–Crippen MR) is 96.2 cm³/mol. The van der Waals surface area contributed by atoms with Gasteiger partial charge in [0.1, 0.15) is 6.17 Å². The fourth-order valence-electron chi connectivity index (χ4n) is 2.82. The van der Waals surface area contributed by atoms with Crippen LogP contribution >= 0.6 is 0 Å². The van der Waals surface area contributed by atoms with E-state index in [1.807, 2.05) is 0 Å². The molecule has 140 valence electrons. The van der Waals surface area contributed by atoms with E-state index in [4.69, 9.17) is 4.55 Å². The van der Waals surface area contributed by atoms with E-state index in [2.05, 4.69) is 6.92 Å². The van der Waals surface area contributed by atoms with Crippen molar-refractivity contribution in [2.24, 2.45) is 0 Å². The molecule has 5 heteroatoms. The van der Waals surface area contributed by atoms with Gasteiger partial charge < -0.3 is 0 Å². The molecular formula is C18H37FO3S. The maximum atomic E-state index is 13.7. The molecule has 0 heterocycles. The van der Waals surface area contributed by atoms with Gasteiger partial charge in [-0.1, -0.05) is 84.0 Å². The highest BCUT2D eigenvalue weighted by molar-refractivity contribution is 7.85. The zero-order chi connectivity index (χ0) is 17.4. The minimum Gasteiger partial charge on any atom is -0.286 e. The Hall–Kier alpha value is -0.160. The monoisotopic (exact) mass is 352 g/mol. The van der Waals surface area contributed by atoms with E-state index in [1.54, 1.807) is 0 Å². The van der Waals surface area contributed by atoms with Crippen LogP contribution in [0.5, 0.6) is 0 Å². The van der Waals surface area contributed by atoms with Crippen molar-refractivity contribution >= 4 is 10.1 Å². The minimum atomic E-state index is -3.83. The smallest absolute Gasteiger partial charge is 0.264 e. The molecule has 0 fully saturated rings. The second-order valence-corrected chi connectivity index (χ2v) is 8.28. The molecule has 3 nitrogen and oxygen atoms in total. The van der Waals surface area contributed by atoms with Crippen molar-refractivity contribution in [1.82, 2.24) is 0 Å². The Morgan fingerprint density at radius 2 is 1.13 bits per heavy atom. The number of hydrogen-bond donors (Lipinski definition) is 1. The van der Waals surface area contributed by atoms with Gasteiger partial charge in [0.05, 0.1) is 5.75 Å². The Labute approximate surface area is 143 Å². The van der Waals surface area contributed by atoms with Crippen LogP contribution in [-0.4, -0.2) is 24.9 Å².